The van der Waals surface area contributed by atoms with Crippen LogP contribution in [0.3, 0.4) is 0 Å². The van der Waals surface area contributed by atoms with Crippen molar-refractivity contribution in [2.75, 3.05) is 38.1 Å². The quantitative estimate of drug-likeness (QED) is 0.603. The number of anilines is 1. The maximum atomic E-state index is 6.46. The number of aromatic nitrogens is 3. The molecule has 0 aliphatic carbocycles. The number of likely N-dealkylation sites (tertiary alicyclic amines) is 1. The highest BCUT2D eigenvalue weighted by Gasteiger charge is 2.23. The molecule has 2 atom stereocenters. The molecule has 8 heteroatoms. The fourth-order valence-electron chi connectivity index (χ4n) is 4.58. The Labute approximate surface area is 188 Å². The molecule has 0 amide bonds. The molecular weight excluding hydrogens is 409 g/mol. The van der Waals surface area contributed by atoms with Crippen molar-refractivity contribution in [2.24, 2.45) is 11.8 Å². The molecule has 5 rings (SSSR count). The Kier molecular flexibility index (Phi) is 5.88. The maximum Gasteiger partial charge on any atom is 0.151 e. The topological polar surface area (TPSA) is 54.7 Å². The number of rotatable bonds is 6. The van der Waals surface area contributed by atoms with Crippen LogP contribution < -0.4 is 10.8 Å². The average Bonchev–Trinajstić information content (AvgIpc) is 3.43. The molecule has 0 saturated carbocycles. The molecule has 1 N–H and O–H groups in total. The van der Waals surface area contributed by atoms with Gasteiger partial charge in [0, 0.05) is 48.4 Å². The second-order valence-electron chi connectivity index (χ2n) is 8.64. The summed E-state index contributed by atoms with van der Waals surface area (Å²) in [6.07, 6.45) is 8.37. The predicted molar refractivity (Wildman–Crippen MR) is 128 cm³/mol. The third-order valence-corrected chi connectivity index (χ3v) is 6.55. The summed E-state index contributed by atoms with van der Waals surface area (Å²) >= 11 is 6.46. The van der Waals surface area contributed by atoms with Gasteiger partial charge in [-0.2, -0.15) is 9.61 Å². The summed E-state index contributed by atoms with van der Waals surface area (Å²) in [5.74, 6) is 2.08. The maximum absolute atomic E-state index is 6.46. The normalized spacial score (nSPS) is 21.5. The minimum atomic E-state index is 0.525. The van der Waals surface area contributed by atoms with Crippen LogP contribution in [-0.4, -0.2) is 60.1 Å². The van der Waals surface area contributed by atoms with Gasteiger partial charge in [0.05, 0.1) is 18.6 Å². The monoisotopic (exact) mass is 435 g/mol. The first-order valence-electron chi connectivity index (χ1n) is 11.0. The van der Waals surface area contributed by atoms with E-state index in [0.717, 1.165) is 54.4 Å². The summed E-state index contributed by atoms with van der Waals surface area (Å²) in [4.78, 5) is 7.42. The molecule has 6 nitrogen and oxygen atoms in total. The van der Waals surface area contributed by atoms with Gasteiger partial charge >= 0.3 is 0 Å². The largest absolute Gasteiger partial charge is 0.501 e. The predicted octanol–water partition coefficient (Wildman–Crippen LogP) is 2.59. The second-order valence-corrected chi connectivity index (χ2v) is 9.05. The van der Waals surface area contributed by atoms with Crippen LogP contribution in [0.25, 0.3) is 16.9 Å². The number of halogens is 1. The van der Waals surface area contributed by atoms with Gasteiger partial charge in [-0.1, -0.05) is 29.8 Å². The Morgan fingerprint density at radius 1 is 1.29 bits per heavy atom. The van der Waals surface area contributed by atoms with E-state index in [4.69, 9.17) is 21.3 Å². The molecule has 2 aliphatic rings. The lowest BCUT2D eigenvalue weighted by Crippen LogP contribution is -2.40. The van der Waals surface area contributed by atoms with Crippen molar-refractivity contribution in [1.29, 1.82) is 0 Å². The number of benzene rings is 1. The average molecular weight is 436 g/mol. The summed E-state index contributed by atoms with van der Waals surface area (Å²) in [6.45, 7) is 5.10. The molecule has 2 aromatic heterocycles. The number of piperidine rings is 1. The number of ether oxygens (including phenoxy) is 1. The molecule has 31 heavy (non-hydrogen) atoms. The van der Waals surface area contributed by atoms with Crippen LogP contribution in [0.5, 0.6) is 0 Å². The first-order chi connectivity index (χ1) is 15.2. The molecule has 0 bridgehead atoms. The molecule has 1 aromatic carbocycles. The SMILES string of the molecule is Bc1cnn2c(NCC3CCCN(CC4C=COC4)C3)cc(-c3ccccc3Cl)nc12. The molecule has 0 spiro atoms. The summed E-state index contributed by atoms with van der Waals surface area (Å²) in [5, 5.41) is 8.92. The number of nitrogens with one attached hydrogen (secondary N) is 1. The van der Waals surface area contributed by atoms with Gasteiger partial charge in [0.2, 0.25) is 0 Å². The fourth-order valence-corrected chi connectivity index (χ4v) is 4.82. The number of fused-ring (bicyclic) bond motifs is 1. The van der Waals surface area contributed by atoms with Crippen molar-refractivity contribution in [1.82, 2.24) is 19.5 Å². The van der Waals surface area contributed by atoms with E-state index in [-0.39, 0.29) is 0 Å². The highest BCUT2D eigenvalue weighted by molar-refractivity contribution is 6.36. The highest BCUT2D eigenvalue weighted by Crippen LogP contribution is 2.28. The van der Waals surface area contributed by atoms with Crippen LogP contribution in [0.1, 0.15) is 12.8 Å². The highest BCUT2D eigenvalue weighted by atomic mass is 35.5. The summed E-state index contributed by atoms with van der Waals surface area (Å²) in [5.41, 5.74) is 3.71. The van der Waals surface area contributed by atoms with Gasteiger partial charge in [-0.05, 0) is 42.9 Å². The molecule has 2 unspecified atom stereocenters. The van der Waals surface area contributed by atoms with Crippen molar-refractivity contribution in [2.45, 2.75) is 12.8 Å². The van der Waals surface area contributed by atoms with E-state index < -0.39 is 0 Å². The first kappa shape index (κ1) is 20.4. The minimum absolute atomic E-state index is 0.525. The second kappa shape index (κ2) is 8.93. The van der Waals surface area contributed by atoms with Crippen LogP contribution in [0.4, 0.5) is 5.82 Å². The molecular formula is C23H27BClN5O. The lowest BCUT2D eigenvalue weighted by atomic mass is 9.97. The van der Waals surface area contributed by atoms with E-state index in [9.17, 15) is 0 Å². The van der Waals surface area contributed by atoms with E-state index in [2.05, 4.69) is 27.5 Å². The van der Waals surface area contributed by atoms with Crippen LogP contribution in [-0.2, 0) is 4.74 Å². The third-order valence-electron chi connectivity index (χ3n) is 6.22. The van der Waals surface area contributed by atoms with Gasteiger partial charge in [0.15, 0.2) is 5.65 Å². The molecule has 0 radical (unpaired) electrons. The first-order valence-corrected chi connectivity index (χ1v) is 11.4. The van der Waals surface area contributed by atoms with Gasteiger partial charge in [0.25, 0.3) is 0 Å². The Balaban J connectivity index is 1.34. The zero-order valence-corrected chi connectivity index (χ0v) is 18.6. The lowest BCUT2D eigenvalue weighted by Gasteiger charge is -2.34. The molecule has 1 saturated heterocycles. The third kappa shape index (κ3) is 4.43. The van der Waals surface area contributed by atoms with Crippen LogP contribution >= 0.6 is 11.6 Å². The van der Waals surface area contributed by atoms with Crippen molar-refractivity contribution >= 4 is 36.4 Å². The summed E-state index contributed by atoms with van der Waals surface area (Å²) < 4.78 is 7.28. The van der Waals surface area contributed by atoms with Gasteiger partial charge in [-0.15, -0.1) is 0 Å². The molecule has 3 aromatic rings. The van der Waals surface area contributed by atoms with Gasteiger partial charge in [0.1, 0.15) is 13.7 Å². The Morgan fingerprint density at radius 3 is 3.03 bits per heavy atom. The van der Waals surface area contributed by atoms with Crippen LogP contribution in [0, 0.1) is 11.8 Å². The van der Waals surface area contributed by atoms with E-state index in [1.807, 2.05) is 49.1 Å². The number of hydrogen-bond acceptors (Lipinski definition) is 5. The Bertz CT molecular complexity index is 1100. The van der Waals surface area contributed by atoms with Crippen molar-refractivity contribution in [3.63, 3.8) is 0 Å². The molecule has 2 aliphatic heterocycles. The molecule has 160 valence electrons. The minimum Gasteiger partial charge on any atom is -0.501 e. The zero-order chi connectivity index (χ0) is 21.2. The van der Waals surface area contributed by atoms with Crippen molar-refractivity contribution in [3.8, 4) is 11.3 Å². The van der Waals surface area contributed by atoms with E-state index in [0.29, 0.717) is 16.9 Å². The van der Waals surface area contributed by atoms with E-state index in [1.54, 1.807) is 0 Å². The van der Waals surface area contributed by atoms with Crippen molar-refractivity contribution in [3.05, 3.63) is 53.9 Å². The Morgan fingerprint density at radius 2 is 2.19 bits per heavy atom. The van der Waals surface area contributed by atoms with Crippen molar-refractivity contribution < 1.29 is 4.74 Å². The van der Waals surface area contributed by atoms with E-state index in [1.165, 1.54) is 19.4 Å². The number of hydrogen-bond donors (Lipinski definition) is 1. The molecule has 4 heterocycles. The van der Waals surface area contributed by atoms with Crippen LogP contribution in [0.2, 0.25) is 5.02 Å². The zero-order valence-electron chi connectivity index (χ0n) is 17.8. The summed E-state index contributed by atoms with van der Waals surface area (Å²) in [7, 11) is 2.04. The van der Waals surface area contributed by atoms with Gasteiger partial charge in [-0.3, -0.25) is 0 Å². The van der Waals surface area contributed by atoms with Gasteiger partial charge < -0.3 is 15.0 Å². The standard InChI is InChI=1S/C23H27BClN5O/c24-19-12-27-30-22(10-21(28-23(19)30)18-5-1-2-6-20(18)25)26-11-16-4-3-8-29(13-16)14-17-7-9-31-15-17/h1-2,5-7,9-10,12,16-17,26H,3-4,8,11,13-15,24H2. The van der Waals surface area contributed by atoms with Crippen LogP contribution in [0.15, 0.2) is 48.9 Å². The Hall–Kier alpha value is -2.51. The fraction of sp³-hybridized carbons (Fsp3) is 0.391. The smallest absolute Gasteiger partial charge is 0.151 e. The molecule has 1 fully saturated rings. The van der Waals surface area contributed by atoms with Gasteiger partial charge in [-0.25, -0.2) is 4.98 Å². The van der Waals surface area contributed by atoms with E-state index >= 15 is 0 Å². The number of nitrogens with zero attached hydrogens (tertiary/aromatic N) is 4. The summed E-state index contributed by atoms with van der Waals surface area (Å²) in [6, 6.07) is 9.90. The lowest BCUT2D eigenvalue weighted by molar-refractivity contribution is 0.147.